The highest BCUT2D eigenvalue weighted by Gasteiger charge is 2.00. The fourth-order valence-electron chi connectivity index (χ4n) is 1.94. The number of aromatic nitrogens is 2. The molecule has 0 saturated heterocycles. The number of nitrogens with one attached hydrogen (secondary N) is 1. The molecule has 0 unspecified atom stereocenters. The van der Waals surface area contributed by atoms with Crippen molar-refractivity contribution in [2.75, 3.05) is 5.32 Å². The number of aryl methyl sites for hydroxylation is 1. The quantitative estimate of drug-likeness (QED) is 0.722. The van der Waals surface area contributed by atoms with Crippen molar-refractivity contribution in [3.8, 4) is 0 Å². The molecule has 0 atom stereocenters. The van der Waals surface area contributed by atoms with E-state index >= 15 is 0 Å². The molecule has 2 aromatic heterocycles. The van der Waals surface area contributed by atoms with E-state index in [4.69, 9.17) is 0 Å². The number of benzene rings is 1. The summed E-state index contributed by atoms with van der Waals surface area (Å²) in [6.07, 6.45) is 3.85. The molecule has 3 rings (SSSR count). The van der Waals surface area contributed by atoms with Crippen molar-refractivity contribution < 1.29 is 0 Å². The lowest BCUT2D eigenvalue weighted by molar-refractivity contribution is 0.969. The topological polar surface area (TPSA) is 29.9 Å². The van der Waals surface area contributed by atoms with Gasteiger partial charge in [-0.2, -0.15) is 0 Å². The predicted octanol–water partition coefficient (Wildman–Crippen LogP) is 3.32. The van der Waals surface area contributed by atoms with Crippen molar-refractivity contribution in [2.24, 2.45) is 7.05 Å². The monoisotopic (exact) mass is 223 g/mol. The van der Waals surface area contributed by atoms with E-state index in [0.717, 1.165) is 11.5 Å². The SMILES string of the molecule is Cn1ccc2cc(Nc3ccccn3)ccc21. The largest absolute Gasteiger partial charge is 0.351 e. The molecule has 3 aromatic rings. The minimum Gasteiger partial charge on any atom is -0.351 e. The van der Waals surface area contributed by atoms with Crippen LogP contribution in [-0.2, 0) is 7.05 Å². The molecule has 0 amide bonds. The van der Waals surface area contributed by atoms with Gasteiger partial charge in [-0.05, 0) is 36.4 Å². The van der Waals surface area contributed by atoms with Crippen molar-refractivity contribution in [3.63, 3.8) is 0 Å². The van der Waals surface area contributed by atoms with Crippen LogP contribution in [0.15, 0.2) is 54.9 Å². The highest BCUT2D eigenvalue weighted by Crippen LogP contribution is 2.21. The van der Waals surface area contributed by atoms with Crippen LogP contribution < -0.4 is 5.32 Å². The Labute approximate surface area is 99.7 Å². The van der Waals surface area contributed by atoms with E-state index < -0.39 is 0 Å². The van der Waals surface area contributed by atoms with Gasteiger partial charge in [-0.3, -0.25) is 0 Å². The second-order valence-electron chi connectivity index (χ2n) is 4.04. The summed E-state index contributed by atoms with van der Waals surface area (Å²) in [4.78, 5) is 4.24. The first-order valence-corrected chi connectivity index (χ1v) is 5.56. The van der Waals surface area contributed by atoms with E-state index in [1.165, 1.54) is 10.9 Å². The van der Waals surface area contributed by atoms with Crippen LogP contribution in [-0.4, -0.2) is 9.55 Å². The van der Waals surface area contributed by atoms with Crippen LogP contribution in [0, 0.1) is 0 Å². The molecule has 0 bridgehead atoms. The minimum absolute atomic E-state index is 0.864. The van der Waals surface area contributed by atoms with Crippen LogP contribution in [0.3, 0.4) is 0 Å². The summed E-state index contributed by atoms with van der Waals surface area (Å²) in [5.41, 5.74) is 2.29. The molecular formula is C14H13N3. The fraction of sp³-hybridized carbons (Fsp3) is 0.0714. The number of pyridine rings is 1. The molecule has 3 nitrogen and oxygen atoms in total. The van der Waals surface area contributed by atoms with E-state index in [-0.39, 0.29) is 0 Å². The Balaban J connectivity index is 1.96. The third kappa shape index (κ3) is 1.87. The molecule has 1 N–H and O–H groups in total. The average molecular weight is 223 g/mol. The van der Waals surface area contributed by atoms with E-state index in [2.05, 4.69) is 45.3 Å². The van der Waals surface area contributed by atoms with Crippen molar-refractivity contribution in [1.29, 1.82) is 0 Å². The zero-order chi connectivity index (χ0) is 11.7. The standard InChI is InChI=1S/C14H13N3/c1-17-9-7-11-10-12(5-6-13(11)17)16-14-4-2-3-8-15-14/h2-10H,1H3,(H,15,16). The molecule has 0 spiro atoms. The van der Waals surface area contributed by atoms with Gasteiger partial charge in [0.1, 0.15) is 5.82 Å². The molecule has 2 heterocycles. The fourth-order valence-corrected chi connectivity index (χ4v) is 1.94. The number of fused-ring (bicyclic) bond motifs is 1. The zero-order valence-electron chi connectivity index (χ0n) is 9.59. The molecule has 84 valence electrons. The Hall–Kier alpha value is -2.29. The van der Waals surface area contributed by atoms with Gasteiger partial charge in [-0.1, -0.05) is 6.07 Å². The molecule has 0 saturated carbocycles. The van der Waals surface area contributed by atoms with Gasteiger partial charge >= 0.3 is 0 Å². The third-order valence-corrected chi connectivity index (χ3v) is 2.82. The molecule has 0 radical (unpaired) electrons. The van der Waals surface area contributed by atoms with Crippen molar-refractivity contribution in [1.82, 2.24) is 9.55 Å². The average Bonchev–Trinajstić information content (AvgIpc) is 2.72. The Morgan fingerprint density at radius 2 is 2.06 bits per heavy atom. The number of hydrogen-bond donors (Lipinski definition) is 1. The highest BCUT2D eigenvalue weighted by atomic mass is 15.0. The smallest absolute Gasteiger partial charge is 0.130 e. The van der Waals surface area contributed by atoms with Crippen LogP contribution in [0.2, 0.25) is 0 Å². The van der Waals surface area contributed by atoms with E-state index in [1.807, 2.05) is 25.2 Å². The maximum absolute atomic E-state index is 4.24. The summed E-state index contributed by atoms with van der Waals surface area (Å²) < 4.78 is 2.11. The first kappa shape index (κ1) is 9.90. The van der Waals surface area contributed by atoms with Gasteiger partial charge in [0.05, 0.1) is 0 Å². The van der Waals surface area contributed by atoms with Crippen LogP contribution in [0.4, 0.5) is 11.5 Å². The lowest BCUT2D eigenvalue weighted by Crippen LogP contribution is -1.92. The second kappa shape index (κ2) is 3.94. The molecular weight excluding hydrogens is 210 g/mol. The molecule has 0 fully saturated rings. The summed E-state index contributed by atoms with van der Waals surface area (Å²) in [7, 11) is 2.05. The lowest BCUT2D eigenvalue weighted by Gasteiger charge is -2.05. The first-order chi connectivity index (χ1) is 8.33. The van der Waals surface area contributed by atoms with Gasteiger partial charge in [-0.15, -0.1) is 0 Å². The number of anilines is 2. The summed E-state index contributed by atoms with van der Waals surface area (Å²) in [6.45, 7) is 0. The van der Waals surface area contributed by atoms with Crippen LogP contribution in [0.1, 0.15) is 0 Å². The van der Waals surface area contributed by atoms with Gasteiger partial charge in [0.15, 0.2) is 0 Å². The molecule has 3 heteroatoms. The van der Waals surface area contributed by atoms with Crippen LogP contribution >= 0.6 is 0 Å². The number of hydrogen-bond acceptors (Lipinski definition) is 2. The summed E-state index contributed by atoms with van der Waals surface area (Å²) in [6, 6.07) is 14.2. The summed E-state index contributed by atoms with van der Waals surface area (Å²) in [5.74, 6) is 0.864. The number of nitrogens with zero attached hydrogens (tertiary/aromatic N) is 2. The summed E-state index contributed by atoms with van der Waals surface area (Å²) >= 11 is 0. The molecule has 1 aromatic carbocycles. The number of rotatable bonds is 2. The van der Waals surface area contributed by atoms with Crippen molar-refractivity contribution in [2.45, 2.75) is 0 Å². The van der Waals surface area contributed by atoms with Crippen molar-refractivity contribution in [3.05, 3.63) is 54.9 Å². The second-order valence-corrected chi connectivity index (χ2v) is 4.04. The van der Waals surface area contributed by atoms with Crippen LogP contribution in [0.25, 0.3) is 10.9 Å². The normalized spacial score (nSPS) is 10.6. The van der Waals surface area contributed by atoms with Gasteiger partial charge in [-0.25, -0.2) is 4.98 Å². The lowest BCUT2D eigenvalue weighted by atomic mass is 10.2. The molecule has 17 heavy (non-hydrogen) atoms. The van der Waals surface area contributed by atoms with E-state index in [9.17, 15) is 0 Å². The minimum atomic E-state index is 0.864. The Morgan fingerprint density at radius 1 is 1.12 bits per heavy atom. The maximum atomic E-state index is 4.24. The van der Waals surface area contributed by atoms with Gasteiger partial charge in [0.2, 0.25) is 0 Å². The predicted molar refractivity (Wildman–Crippen MR) is 70.4 cm³/mol. The van der Waals surface area contributed by atoms with E-state index in [1.54, 1.807) is 6.20 Å². The summed E-state index contributed by atoms with van der Waals surface area (Å²) in [5, 5.41) is 4.51. The van der Waals surface area contributed by atoms with E-state index in [0.29, 0.717) is 0 Å². The molecule has 0 aliphatic rings. The van der Waals surface area contributed by atoms with Crippen molar-refractivity contribution >= 4 is 22.4 Å². The molecule has 0 aliphatic carbocycles. The maximum Gasteiger partial charge on any atom is 0.130 e. The van der Waals surface area contributed by atoms with Gasteiger partial charge in [0.25, 0.3) is 0 Å². The molecule has 0 aliphatic heterocycles. The Bertz CT molecular complexity index is 641. The zero-order valence-corrected chi connectivity index (χ0v) is 9.59. The Morgan fingerprint density at radius 3 is 2.88 bits per heavy atom. The van der Waals surface area contributed by atoms with Gasteiger partial charge in [0, 0.05) is 36.0 Å². The highest BCUT2D eigenvalue weighted by molar-refractivity contribution is 5.84. The van der Waals surface area contributed by atoms with Crippen LogP contribution in [0.5, 0.6) is 0 Å². The van der Waals surface area contributed by atoms with Gasteiger partial charge < -0.3 is 9.88 Å². The first-order valence-electron chi connectivity index (χ1n) is 5.56. The third-order valence-electron chi connectivity index (χ3n) is 2.82. The Kier molecular flexibility index (Phi) is 2.29.